The Kier molecular flexibility index (Phi) is 2.13. The molecule has 0 unspecified atom stereocenters. The third-order valence-corrected chi connectivity index (χ3v) is 3.03. The van der Waals surface area contributed by atoms with Crippen molar-refractivity contribution < 1.29 is 4.79 Å². The molecule has 1 amide bonds. The molecule has 0 atom stereocenters. The summed E-state index contributed by atoms with van der Waals surface area (Å²) in [6.45, 7) is 2.29. The van der Waals surface area contributed by atoms with Crippen LogP contribution >= 0.6 is 0 Å². The standard InChI is InChI=1S/C12H12N4O2/c1-8-4-3-5-9(6-8)15-7-10-13-14(2)11(17)16(10)12(15)18/h3-6H,7H2,1-2H3. The Morgan fingerprint density at radius 3 is 2.72 bits per heavy atom. The fourth-order valence-corrected chi connectivity index (χ4v) is 2.14. The van der Waals surface area contributed by atoms with Crippen LogP contribution in [0.4, 0.5) is 10.5 Å². The van der Waals surface area contributed by atoms with Crippen LogP contribution in [0.15, 0.2) is 29.1 Å². The summed E-state index contributed by atoms with van der Waals surface area (Å²) >= 11 is 0. The maximum Gasteiger partial charge on any atom is 0.354 e. The van der Waals surface area contributed by atoms with Crippen molar-refractivity contribution in [3.8, 4) is 0 Å². The Morgan fingerprint density at radius 1 is 1.28 bits per heavy atom. The summed E-state index contributed by atoms with van der Waals surface area (Å²) in [6.07, 6.45) is 0. The molecule has 0 fully saturated rings. The van der Waals surface area contributed by atoms with Crippen molar-refractivity contribution in [1.82, 2.24) is 14.3 Å². The lowest BCUT2D eigenvalue weighted by molar-refractivity contribution is 0.250. The molecule has 0 saturated heterocycles. The largest absolute Gasteiger partial charge is 0.354 e. The van der Waals surface area contributed by atoms with Crippen molar-refractivity contribution >= 4 is 11.7 Å². The van der Waals surface area contributed by atoms with E-state index in [0.29, 0.717) is 12.4 Å². The summed E-state index contributed by atoms with van der Waals surface area (Å²) in [7, 11) is 1.54. The molecule has 18 heavy (non-hydrogen) atoms. The molecule has 0 bridgehead atoms. The number of aromatic nitrogens is 3. The monoisotopic (exact) mass is 244 g/mol. The lowest BCUT2D eigenvalue weighted by Crippen LogP contribution is -2.34. The van der Waals surface area contributed by atoms with Crippen molar-refractivity contribution in [3.05, 3.63) is 46.1 Å². The second-order valence-electron chi connectivity index (χ2n) is 4.37. The van der Waals surface area contributed by atoms with E-state index in [4.69, 9.17) is 0 Å². The van der Waals surface area contributed by atoms with Crippen LogP contribution < -0.4 is 10.6 Å². The summed E-state index contributed by atoms with van der Waals surface area (Å²) in [5.74, 6) is 0.481. The zero-order valence-electron chi connectivity index (χ0n) is 10.1. The topological polar surface area (TPSA) is 60.1 Å². The van der Waals surface area contributed by atoms with Gasteiger partial charge >= 0.3 is 11.7 Å². The molecule has 1 aliphatic rings. The summed E-state index contributed by atoms with van der Waals surface area (Å²) in [5.41, 5.74) is 1.45. The number of benzene rings is 1. The first-order valence-corrected chi connectivity index (χ1v) is 5.61. The first kappa shape index (κ1) is 10.8. The van der Waals surface area contributed by atoms with Gasteiger partial charge in [0, 0.05) is 12.7 Å². The lowest BCUT2D eigenvalue weighted by Gasteiger charge is -2.15. The molecule has 0 spiro atoms. The number of anilines is 1. The minimum Gasteiger partial charge on any atom is -0.286 e. The number of aryl methyl sites for hydroxylation is 2. The summed E-state index contributed by atoms with van der Waals surface area (Å²) < 4.78 is 2.29. The van der Waals surface area contributed by atoms with Gasteiger partial charge in [-0.1, -0.05) is 12.1 Å². The molecule has 0 aliphatic carbocycles. The van der Waals surface area contributed by atoms with Crippen LogP contribution in [0.5, 0.6) is 0 Å². The van der Waals surface area contributed by atoms with Gasteiger partial charge in [-0.2, -0.15) is 9.67 Å². The van der Waals surface area contributed by atoms with Crippen molar-refractivity contribution in [2.75, 3.05) is 4.90 Å². The van der Waals surface area contributed by atoms with Crippen molar-refractivity contribution in [1.29, 1.82) is 0 Å². The first-order valence-electron chi connectivity index (χ1n) is 5.61. The quantitative estimate of drug-likeness (QED) is 0.748. The van der Waals surface area contributed by atoms with E-state index in [1.165, 1.54) is 11.7 Å². The van der Waals surface area contributed by atoms with Gasteiger partial charge in [-0.15, -0.1) is 0 Å². The first-order chi connectivity index (χ1) is 8.58. The van der Waals surface area contributed by atoms with E-state index in [9.17, 15) is 9.59 Å². The van der Waals surface area contributed by atoms with Gasteiger partial charge in [0.15, 0.2) is 5.82 Å². The minimum absolute atomic E-state index is 0.332. The van der Waals surface area contributed by atoms with Crippen LogP contribution in [0.3, 0.4) is 0 Å². The summed E-state index contributed by atoms with van der Waals surface area (Å²) in [5, 5.41) is 4.04. The molecule has 2 aromatic rings. The zero-order valence-corrected chi connectivity index (χ0v) is 10.1. The Morgan fingerprint density at radius 2 is 2.06 bits per heavy atom. The van der Waals surface area contributed by atoms with E-state index < -0.39 is 5.69 Å². The summed E-state index contributed by atoms with van der Waals surface area (Å²) in [4.78, 5) is 25.5. The van der Waals surface area contributed by atoms with E-state index in [1.807, 2.05) is 31.2 Å². The van der Waals surface area contributed by atoms with Crippen LogP contribution in [0.2, 0.25) is 0 Å². The summed E-state index contributed by atoms with van der Waals surface area (Å²) in [6, 6.07) is 7.27. The molecule has 6 heteroatoms. The Labute approximate surface area is 103 Å². The van der Waals surface area contributed by atoms with E-state index >= 15 is 0 Å². The normalized spacial score (nSPS) is 14.1. The smallest absolute Gasteiger partial charge is 0.286 e. The number of rotatable bonds is 1. The average molecular weight is 244 g/mol. The van der Waals surface area contributed by atoms with E-state index in [0.717, 1.165) is 15.8 Å². The van der Waals surface area contributed by atoms with Crippen LogP contribution in [-0.2, 0) is 13.6 Å². The van der Waals surface area contributed by atoms with Crippen molar-refractivity contribution in [2.45, 2.75) is 13.5 Å². The molecular weight excluding hydrogens is 232 g/mol. The van der Waals surface area contributed by atoms with E-state index in [2.05, 4.69) is 5.10 Å². The molecule has 6 nitrogen and oxygen atoms in total. The van der Waals surface area contributed by atoms with Crippen LogP contribution in [-0.4, -0.2) is 20.4 Å². The highest BCUT2D eigenvalue weighted by Gasteiger charge is 2.32. The number of hydrogen-bond acceptors (Lipinski definition) is 3. The number of carbonyl (C=O) groups excluding carboxylic acids is 1. The second-order valence-corrected chi connectivity index (χ2v) is 4.37. The molecular formula is C12H12N4O2. The van der Waals surface area contributed by atoms with Gasteiger partial charge in [0.1, 0.15) is 0 Å². The van der Waals surface area contributed by atoms with Gasteiger partial charge in [-0.25, -0.2) is 14.3 Å². The number of amides is 1. The number of nitrogens with zero attached hydrogens (tertiary/aromatic N) is 4. The molecule has 3 rings (SSSR count). The van der Waals surface area contributed by atoms with Crippen LogP contribution in [0, 0.1) is 6.92 Å². The van der Waals surface area contributed by atoms with Crippen LogP contribution in [0.1, 0.15) is 11.4 Å². The molecule has 1 aromatic carbocycles. The Bertz CT molecular complexity index is 698. The molecule has 0 radical (unpaired) electrons. The Balaban J connectivity index is 2.06. The maximum atomic E-state index is 12.2. The van der Waals surface area contributed by atoms with Crippen LogP contribution in [0.25, 0.3) is 0 Å². The van der Waals surface area contributed by atoms with Gasteiger partial charge in [0.25, 0.3) is 0 Å². The number of fused-ring (bicyclic) bond motifs is 1. The van der Waals surface area contributed by atoms with Gasteiger partial charge in [-0.05, 0) is 24.6 Å². The molecule has 0 saturated carbocycles. The zero-order chi connectivity index (χ0) is 12.9. The van der Waals surface area contributed by atoms with Crippen molar-refractivity contribution in [2.24, 2.45) is 7.05 Å². The number of hydrogen-bond donors (Lipinski definition) is 0. The average Bonchev–Trinajstić information content (AvgIpc) is 2.79. The van der Waals surface area contributed by atoms with Crippen molar-refractivity contribution in [3.63, 3.8) is 0 Å². The fraction of sp³-hybridized carbons (Fsp3) is 0.250. The van der Waals surface area contributed by atoms with Gasteiger partial charge in [0.2, 0.25) is 0 Å². The fourth-order valence-electron chi connectivity index (χ4n) is 2.14. The predicted octanol–water partition coefficient (Wildman–Crippen LogP) is 0.879. The van der Waals surface area contributed by atoms with E-state index in [-0.39, 0.29) is 6.03 Å². The van der Waals surface area contributed by atoms with Gasteiger partial charge in [-0.3, -0.25) is 4.90 Å². The van der Waals surface area contributed by atoms with E-state index in [1.54, 1.807) is 4.90 Å². The predicted molar refractivity (Wildman–Crippen MR) is 65.6 cm³/mol. The molecule has 92 valence electrons. The second kappa shape index (κ2) is 3.56. The van der Waals surface area contributed by atoms with Gasteiger partial charge in [0.05, 0.1) is 6.54 Å². The molecule has 0 N–H and O–H groups in total. The highest BCUT2D eigenvalue weighted by atomic mass is 16.2. The highest BCUT2D eigenvalue weighted by Crippen LogP contribution is 2.22. The SMILES string of the molecule is Cc1cccc(N2Cc3nn(C)c(=O)n3C2=O)c1. The molecule has 2 heterocycles. The maximum absolute atomic E-state index is 12.2. The molecule has 1 aromatic heterocycles. The lowest BCUT2D eigenvalue weighted by atomic mass is 10.2. The third-order valence-electron chi connectivity index (χ3n) is 3.03. The highest BCUT2D eigenvalue weighted by molar-refractivity contribution is 5.96. The number of carbonyl (C=O) groups is 1. The Hall–Kier alpha value is -2.37. The van der Waals surface area contributed by atoms with Gasteiger partial charge < -0.3 is 0 Å². The third kappa shape index (κ3) is 1.38. The molecule has 1 aliphatic heterocycles. The minimum atomic E-state index is -0.398.